The summed E-state index contributed by atoms with van der Waals surface area (Å²) in [5.41, 5.74) is 4.10. The van der Waals surface area contributed by atoms with E-state index in [1.165, 1.54) is 0 Å². The van der Waals surface area contributed by atoms with Gasteiger partial charge < -0.3 is 14.8 Å². The molecule has 1 N–H and O–H groups in total. The summed E-state index contributed by atoms with van der Waals surface area (Å²) in [6, 6.07) is 18.3. The van der Waals surface area contributed by atoms with Crippen molar-refractivity contribution in [2.75, 3.05) is 18.5 Å². The molecule has 1 saturated heterocycles. The third kappa shape index (κ3) is 6.57. The van der Waals surface area contributed by atoms with Crippen LogP contribution in [0, 0.1) is 13.8 Å². The largest absolute Gasteiger partial charge is 0.490 e. The normalized spacial score (nSPS) is 14.2. The molecular weight excluding hydrogens is 524 g/mol. The number of hydrogen-bond acceptors (Lipinski definition) is 6. The van der Waals surface area contributed by atoms with E-state index in [1.807, 2.05) is 51.1 Å². The third-order valence-corrected chi connectivity index (χ3v) is 6.95. The summed E-state index contributed by atoms with van der Waals surface area (Å²) in [4.78, 5) is 39.4. The lowest BCUT2D eigenvalue weighted by Gasteiger charge is -2.15. The van der Waals surface area contributed by atoms with Crippen LogP contribution in [0.2, 0.25) is 5.02 Å². The molecule has 3 aromatic carbocycles. The molecule has 1 aliphatic rings. The van der Waals surface area contributed by atoms with Crippen molar-refractivity contribution in [1.29, 1.82) is 0 Å². The average Bonchev–Trinajstić information content (AvgIpc) is 3.14. The molecule has 9 heteroatoms. The van der Waals surface area contributed by atoms with Crippen molar-refractivity contribution in [1.82, 2.24) is 4.90 Å². The molecule has 0 bridgehead atoms. The zero-order chi connectivity index (χ0) is 27.2. The van der Waals surface area contributed by atoms with Gasteiger partial charge in [0.2, 0.25) is 5.91 Å². The van der Waals surface area contributed by atoms with Crippen molar-refractivity contribution in [3.63, 3.8) is 0 Å². The summed E-state index contributed by atoms with van der Waals surface area (Å²) in [6.07, 6.45) is 1.61. The van der Waals surface area contributed by atoms with Crippen LogP contribution in [0.3, 0.4) is 0 Å². The molecular formula is C29H27ClN2O5S. The highest BCUT2D eigenvalue weighted by molar-refractivity contribution is 8.18. The van der Waals surface area contributed by atoms with E-state index in [4.69, 9.17) is 21.1 Å². The van der Waals surface area contributed by atoms with Crippen LogP contribution in [0.4, 0.5) is 10.5 Å². The van der Waals surface area contributed by atoms with E-state index in [1.54, 1.807) is 36.4 Å². The molecule has 0 atom stereocenters. The Morgan fingerprint density at radius 2 is 1.71 bits per heavy atom. The molecule has 3 aromatic rings. The number of nitrogens with one attached hydrogen (secondary N) is 1. The second-order valence-corrected chi connectivity index (χ2v) is 10.1. The fourth-order valence-electron chi connectivity index (χ4n) is 3.87. The van der Waals surface area contributed by atoms with Crippen molar-refractivity contribution in [3.05, 3.63) is 92.8 Å². The maximum Gasteiger partial charge on any atom is 0.294 e. The van der Waals surface area contributed by atoms with Crippen LogP contribution in [0.5, 0.6) is 11.5 Å². The van der Waals surface area contributed by atoms with Crippen LogP contribution in [0.1, 0.15) is 29.2 Å². The van der Waals surface area contributed by atoms with Crippen molar-refractivity contribution >= 4 is 52.2 Å². The van der Waals surface area contributed by atoms with E-state index in [-0.39, 0.29) is 11.4 Å². The van der Waals surface area contributed by atoms with Gasteiger partial charge in [0.15, 0.2) is 11.5 Å². The second kappa shape index (κ2) is 12.2. The van der Waals surface area contributed by atoms with Crippen molar-refractivity contribution in [3.8, 4) is 11.5 Å². The smallest absolute Gasteiger partial charge is 0.294 e. The van der Waals surface area contributed by atoms with E-state index >= 15 is 0 Å². The van der Waals surface area contributed by atoms with Gasteiger partial charge in [-0.15, -0.1) is 0 Å². The first-order valence-electron chi connectivity index (χ1n) is 12.0. The van der Waals surface area contributed by atoms with Gasteiger partial charge in [0.1, 0.15) is 13.2 Å². The molecule has 4 rings (SSSR count). The SMILES string of the molecule is CCOc1cc(/C=C2/SC(=O)N(CC(=O)Nc3c(C)cccc3C)C2=O)ccc1OCc1ccc(Cl)cc1. The molecule has 0 aromatic heterocycles. The molecule has 1 fully saturated rings. The molecule has 0 spiro atoms. The summed E-state index contributed by atoms with van der Waals surface area (Å²) >= 11 is 6.74. The maximum absolute atomic E-state index is 13.0. The lowest BCUT2D eigenvalue weighted by Crippen LogP contribution is -2.36. The fraction of sp³-hybridized carbons (Fsp3) is 0.207. The Labute approximate surface area is 230 Å². The third-order valence-electron chi connectivity index (χ3n) is 5.79. The highest BCUT2D eigenvalue weighted by Crippen LogP contribution is 2.35. The van der Waals surface area contributed by atoms with Crippen LogP contribution in [0.15, 0.2) is 65.6 Å². The average molecular weight is 551 g/mol. The number of halogens is 1. The van der Waals surface area contributed by atoms with Crippen molar-refractivity contribution in [2.24, 2.45) is 0 Å². The number of anilines is 1. The summed E-state index contributed by atoms with van der Waals surface area (Å²) in [7, 11) is 0. The number of carbonyl (C=O) groups is 3. The number of rotatable bonds is 9. The number of carbonyl (C=O) groups excluding carboxylic acids is 3. The summed E-state index contributed by atoms with van der Waals surface area (Å²) in [5.74, 6) is 0.113. The van der Waals surface area contributed by atoms with E-state index in [0.717, 1.165) is 33.4 Å². The van der Waals surface area contributed by atoms with Crippen molar-refractivity contribution < 1.29 is 23.9 Å². The number of thioether (sulfide) groups is 1. The number of hydrogen-bond donors (Lipinski definition) is 1. The molecule has 3 amide bonds. The number of para-hydroxylation sites is 1. The van der Waals surface area contributed by atoms with E-state index in [0.29, 0.717) is 41.0 Å². The molecule has 0 aliphatic carbocycles. The van der Waals surface area contributed by atoms with Crippen LogP contribution < -0.4 is 14.8 Å². The second-order valence-electron chi connectivity index (χ2n) is 8.64. The van der Waals surface area contributed by atoms with E-state index in [2.05, 4.69) is 5.32 Å². The molecule has 196 valence electrons. The monoisotopic (exact) mass is 550 g/mol. The van der Waals surface area contributed by atoms with Gasteiger partial charge in [-0.05, 0) is 85.1 Å². The topological polar surface area (TPSA) is 84.9 Å². The van der Waals surface area contributed by atoms with Crippen LogP contribution >= 0.6 is 23.4 Å². The number of imide groups is 1. The fourth-order valence-corrected chi connectivity index (χ4v) is 4.83. The molecule has 1 heterocycles. The van der Waals surface area contributed by atoms with Gasteiger partial charge in [-0.25, -0.2) is 0 Å². The van der Waals surface area contributed by atoms with Gasteiger partial charge in [0.05, 0.1) is 11.5 Å². The molecule has 0 radical (unpaired) electrons. The first kappa shape index (κ1) is 27.3. The summed E-state index contributed by atoms with van der Waals surface area (Å²) in [5, 5.41) is 2.97. The molecule has 0 saturated carbocycles. The van der Waals surface area contributed by atoms with Crippen LogP contribution in [-0.2, 0) is 16.2 Å². The number of ether oxygens (including phenoxy) is 2. The Hall–Kier alpha value is -3.75. The maximum atomic E-state index is 13.0. The lowest BCUT2D eigenvalue weighted by molar-refractivity contribution is -0.127. The Morgan fingerprint density at radius 1 is 1.00 bits per heavy atom. The lowest BCUT2D eigenvalue weighted by atomic mass is 10.1. The van der Waals surface area contributed by atoms with Crippen LogP contribution in [-0.4, -0.2) is 35.1 Å². The Bertz CT molecular complexity index is 1380. The number of aryl methyl sites for hydroxylation is 2. The Morgan fingerprint density at radius 3 is 2.39 bits per heavy atom. The molecule has 0 unspecified atom stereocenters. The number of amides is 3. The quantitative estimate of drug-likeness (QED) is 0.302. The van der Waals surface area contributed by atoms with E-state index in [9.17, 15) is 14.4 Å². The highest BCUT2D eigenvalue weighted by atomic mass is 35.5. The minimum Gasteiger partial charge on any atom is -0.490 e. The first-order chi connectivity index (χ1) is 18.2. The minimum atomic E-state index is -0.516. The van der Waals surface area contributed by atoms with Gasteiger partial charge in [0, 0.05) is 10.7 Å². The molecule has 7 nitrogen and oxygen atoms in total. The predicted octanol–water partition coefficient (Wildman–Crippen LogP) is 6.61. The highest BCUT2D eigenvalue weighted by Gasteiger charge is 2.36. The van der Waals surface area contributed by atoms with Gasteiger partial charge >= 0.3 is 0 Å². The number of nitrogens with zero attached hydrogens (tertiary/aromatic N) is 1. The van der Waals surface area contributed by atoms with Gasteiger partial charge in [-0.1, -0.05) is 48.0 Å². The zero-order valence-corrected chi connectivity index (χ0v) is 22.8. The summed E-state index contributed by atoms with van der Waals surface area (Å²) < 4.78 is 11.7. The Balaban J connectivity index is 1.45. The Kier molecular flexibility index (Phi) is 8.76. The standard InChI is InChI=1S/C29H27ClN2O5S/c1-4-36-24-14-21(10-13-23(24)37-17-20-8-11-22(30)12-9-20)15-25-28(34)32(29(35)38-25)16-26(33)31-27-18(2)6-5-7-19(27)3/h5-15H,4,16-17H2,1-3H3,(H,31,33)/b25-15+. The number of benzene rings is 3. The molecule has 38 heavy (non-hydrogen) atoms. The minimum absolute atomic E-state index is 0.229. The predicted molar refractivity (Wildman–Crippen MR) is 151 cm³/mol. The van der Waals surface area contributed by atoms with Gasteiger partial charge in [-0.3, -0.25) is 19.3 Å². The first-order valence-corrected chi connectivity index (χ1v) is 13.2. The van der Waals surface area contributed by atoms with Gasteiger partial charge in [-0.2, -0.15) is 0 Å². The van der Waals surface area contributed by atoms with Gasteiger partial charge in [0.25, 0.3) is 11.1 Å². The molecule has 1 aliphatic heterocycles. The summed E-state index contributed by atoms with van der Waals surface area (Å²) in [6.45, 7) is 6.03. The van der Waals surface area contributed by atoms with Crippen LogP contribution in [0.25, 0.3) is 6.08 Å². The zero-order valence-electron chi connectivity index (χ0n) is 21.2. The van der Waals surface area contributed by atoms with E-state index < -0.39 is 17.1 Å². The van der Waals surface area contributed by atoms with Crippen molar-refractivity contribution in [2.45, 2.75) is 27.4 Å².